The van der Waals surface area contributed by atoms with E-state index in [0.717, 1.165) is 23.5 Å². The molecule has 0 spiro atoms. The maximum atomic E-state index is 12.4. The summed E-state index contributed by atoms with van der Waals surface area (Å²) >= 11 is 0. The first kappa shape index (κ1) is 24.9. The Kier molecular flexibility index (Phi) is 10.1. The highest BCUT2D eigenvalue weighted by Crippen LogP contribution is 2.21. The fourth-order valence-corrected chi connectivity index (χ4v) is 3.36. The number of hydrogen-bond donors (Lipinski definition) is 2. The normalized spacial score (nSPS) is 16.3. The second-order valence-electron chi connectivity index (χ2n) is 7.57. The Morgan fingerprint density at radius 1 is 1.16 bits per heavy atom. The summed E-state index contributed by atoms with van der Waals surface area (Å²) in [5.74, 6) is 1.66. The summed E-state index contributed by atoms with van der Waals surface area (Å²) in [5.41, 5.74) is 1.99. The molecule has 1 atom stereocenters. The minimum Gasteiger partial charge on any atom is -0.492 e. The smallest absolute Gasteiger partial charge is 0.229 e. The van der Waals surface area contributed by atoms with Crippen molar-refractivity contribution in [3.05, 3.63) is 60.2 Å². The monoisotopic (exact) mass is 537 g/mol. The van der Waals surface area contributed by atoms with Gasteiger partial charge in [0, 0.05) is 44.4 Å². The van der Waals surface area contributed by atoms with Gasteiger partial charge in [0.25, 0.3) is 0 Å². The number of anilines is 1. The van der Waals surface area contributed by atoms with E-state index >= 15 is 0 Å². The van der Waals surface area contributed by atoms with Crippen LogP contribution in [-0.4, -0.2) is 63.6 Å². The number of aliphatic imine (C=N–C) groups is 1. The van der Waals surface area contributed by atoms with Crippen LogP contribution >= 0.6 is 24.0 Å². The number of carbonyl (C=O) groups excluding carboxylic acids is 1. The van der Waals surface area contributed by atoms with Crippen LogP contribution in [0.4, 0.5) is 5.69 Å². The van der Waals surface area contributed by atoms with Crippen LogP contribution in [-0.2, 0) is 11.3 Å². The summed E-state index contributed by atoms with van der Waals surface area (Å²) in [7, 11) is 5.79. The molecule has 0 radical (unpaired) electrons. The Morgan fingerprint density at radius 3 is 2.58 bits per heavy atom. The van der Waals surface area contributed by atoms with Crippen molar-refractivity contribution >= 4 is 41.5 Å². The molecular weight excluding hydrogens is 505 g/mol. The first-order valence-corrected chi connectivity index (χ1v) is 10.2. The molecule has 0 aliphatic carbocycles. The number of guanidine groups is 1. The number of hydrogen-bond acceptors (Lipinski definition) is 4. The van der Waals surface area contributed by atoms with Gasteiger partial charge in [0.15, 0.2) is 5.96 Å². The van der Waals surface area contributed by atoms with Gasteiger partial charge in [-0.3, -0.25) is 9.79 Å². The lowest BCUT2D eigenvalue weighted by Crippen LogP contribution is -2.44. The van der Waals surface area contributed by atoms with E-state index in [1.807, 2.05) is 73.6 Å². The number of halogens is 1. The lowest BCUT2D eigenvalue weighted by atomic mass is 10.2. The van der Waals surface area contributed by atoms with Crippen molar-refractivity contribution in [2.45, 2.75) is 19.0 Å². The van der Waals surface area contributed by atoms with Crippen LogP contribution in [0.2, 0.25) is 0 Å². The van der Waals surface area contributed by atoms with E-state index in [2.05, 4.69) is 20.5 Å². The van der Waals surface area contributed by atoms with Crippen molar-refractivity contribution < 1.29 is 9.53 Å². The van der Waals surface area contributed by atoms with Gasteiger partial charge in [0.05, 0.1) is 6.04 Å². The minimum atomic E-state index is 0. The standard InChI is InChI=1S/C23H31N5O2.HI/c1-24-23(25-16-18-9-7-8-12-21(18)30-14-13-27(2)3)26-19-15-22(29)28(17-19)20-10-5-4-6-11-20;/h4-12,19H,13-17H2,1-3H3,(H2,24,25,26);1H. The molecule has 2 aromatic rings. The largest absolute Gasteiger partial charge is 0.492 e. The molecule has 3 rings (SSSR count). The molecule has 8 heteroatoms. The zero-order valence-electron chi connectivity index (χ0n) is 18.4. The molecule has 1 saturated heterocycles. The Balaban J connectivity index is 0.00000341. The van der Waals surface area contributed by atoms with Gasteiger partial charge in [-0.15, -0.1) is 24.0 Å². The van der Waals surface area contributed by atoms with Crippen molar-refractivity contribution in [1.29, 1.82) is 0 Å². The lowest BCUT2D eigenvalue weighted by molar-refractivity contribution is -0.117. The number of ether oxygens (including phenoxy) is 1. The number of rotatable bonds is 8. The minimum absolute atomic E-state index is 0. The number of likely N-dealkylation sites (N-methyl/N-ethyl adjacent to an activating group) is 1. The van der Waals surface area contributed by atoms with E-state index in [1.165, 1.54) is 0 Å². The SMILES string of the molecule is CN=C(NCc1ccccc1OCCN(C)C)NC1CC(=O)N(c2ccccc2)C1.I. The zero-order chi connectivity index (χ0) is 21.3. The van der Waals surface area contributed by atoms with Crippen LogP contribution in [0, 0.1) is 0 Å². The summed E-state index contributed by atoms with van der Waals surface area (Å²) in [5, 5.41) is 6.71. The molecule has 31 heavy (non-hydrogen) atoms. The molecule has 0 aromatic heterocycles. The van der Waals surface area contributed by atoms with Gasteiger partial charge in [-0.25, -0.2) is 0 Å². The van der Waals surface area contributed by atoms with E-state index < -0.39 is 0 Å². The summed E-state index contributed by atoms with van der Waals surface area (Å²) in [6, 6.07) is 17.8. The van der Waals surface area contributed by atoms with Crippen molar-refractivity contribution in [2.24, 2.45) is 4.99 Å². The molecule has 168 valence electrons. The molecular formula is C23H32IN5O2. The molecule has 1 amide bonds. The summed E-state index contributed by atoms with van der Waals surface area (Å²) in [6.45, 7) is 2.70. The number of benzene rings is 2. The molecule has 1 heterocycles. The van der Waals surface area contributed by atoms with Crippen molar-refractivity contribution in [3.8, 4) is 5.75 Å². The molecule has 7 nitrogen and oxygen atoms in total. The molecule has 1 aliphatic rings. The molecule has 1 fully saturated rings. The van der Waals surface area contributed by atoms with E-state index in [1.54, 1.807) is 7.05 Å². The fourth-order valence-electron chi connectivity index (χ4n) is 3.36. The van der Waals surface area contributed by atoms with Crippen molar-refractivity contribution in [2.75, 3.05) is 45.7 Å². The average molecular weight is 537 g/mol. The van der Waals surface area contributed by atoms with Crippen LogP contribution in [0.25, 0.3) is 0 Å². The Hall–Kier alpha value is -2.33. The predicted molar refractivity (Wildman–Crippen MR) is 136 cm³/mol. The summed E-state index contributed by atoms with van der Waals surface area (Å²) < 4.78 is 5.93. The van der Waals surface area contributed by atoms with Crippen LogP contribution in [0.1, 0.15) is 12.0 Å². The number of amides is 1. The highest BCUT2D eigenvalue weighted by Gasteiger charge is 2.31. The number of nitrogens with one attached hydrogen (secondary N) is 2. The maximum absolute atomic E-state index is 12.4. The first-order chi connectivity index (χ1) is 14.6. The number of carbonyl (C=O) groups is 1. The van der Waals surface area contributed by atoms with Crippen molar-refractivity contribution in [3.63, 3.8) is 0 Å². The average Bonchev–Trinajstić information content (AvgIpc) is 3.12. The highest BCUT2D eigenvalue weighted by atomic mass is 127. The van der Waals surface area contributed by atoms with Gasteiger partial charge in [-0.1, -0.05) is 36.4 Å². The number of para-hydroxylation sites is 2. The van der Waals surface area contributed by atoms with Gasteiger partial charge in [0.1, 0.15) is 12.4 Å². The quantitative estimate of drug-likeness (QED) is 0.308. The summed E-state index contributed by atoms with van der Waals surface area (Å²) in [6.07, 6.45) is 0.444. The first-order valence-electron chi connectivity index (χ1n) is 10.2. The van der Waals surface area contributed by atoms with Crippen LogP contribution in [0.5, 0.6) is 5.75 Å². The number of nitrogens with zero attached hydrogens (tertiary/aromatic N) is 3. The van der Waals surface area contributed by atoms with Crippen LogP contribution in [0.3, 0.4) is 0 Å². The fraction of sp³-hybridized carbons (Fsp3) is 0.391. The van der Waals surface area contributed by atoms with Gasteiger partial charge >= 0.3 is 0 Å². The van der Waals surface area contributed by atoms with Gasteiger partial charge in [-0.2, -0.15) is 0 Å². The van der Waals surface area contributed by atoms with E-state index in [0.29, 0.717) is 32.1 Å². The molecule has 0 saturated carbocycles. The Bertz CT molecular complexity index is 860. The Labute approximate surface area is 201 Å². The lowest BCUT2D eigenvalue weighted by Gasteiger charge is -2.19. The third kappa shape index (κ3) is 7.39. The van der Waals surface area contributed by atoms with Gasteiger partial charge in [-0.05, 0) is 32.3 Å². The van der Waals surface area contributed by atoms with Gasteiger partial charge in [0.2, 0.25) is 5.91 Å². The van der Waals surface area contributed by atoms with E-state index in [-0.39, 0.29) is 35.9 Å². The Morgan fingerprint density at radius 2 is 1.87 bits per heavy atom. The molecule has 1 aliphatic heterocycles. The zero-order valence-corrected chi connectivity index (χ0v) is 20.7. The molecule has 1 unspecified atom stereocenters. The summed E-state index contributed by atoms with van der Waals surface area (Å²) in [4.78, 5) is 20.7. The van der Waals surface area contributed by atoms with E-state index in [4.69, 9.17) is 4.74 Å². The molecule has 0 bridgehead atoms. The predicted octanol–water partition coefficient (Wildman–Crippen LogP) is 2.72. The third-order valence-electron chi connectivity index (χ3n) is 4.97. The van der Waals surface area contributed by atoms with Crippen LogP contribution < -0.4 is 20.3 Å². The molecule has 2 aromatic carbocycles. The van der Waals surface area contributed by atoms with Crippen molar-refractivity contribution in [1.82, 2.24) is 15.5 Å². The second-order valence-corrected chi connectivity index (χ2v) is 7.57. The second kappa shape index (κ2) is 12.5. The van der Waals surface area contributed by atoms with Crippen LogP contribution in [0.15, 0.2) is 59.6 Å². The topological polar surface area (TPSA) is 69.2 Å². The van der Waals surface area contributed by atoms with E-state index in [9.17, 15) is 4.79 Å². The highest BCUT2D eigenvalue weighted by molar-refractivity contribution is 14.0. The third-order valence-corrected chi connectivity index (χ3v) is 4.97. The maximum Gasteiger partial charge on any atom is 0.229 e. The van der Waals surface area contributed by atoms with Gasteiger partial charge < -0.3 is 25.2 Å². The molecule has 2 N–H and O–H groups in total.